The monoisotopic (exact) mass is 444 g/mol. The summed E-state index contributed by atoms with van der Waals surface area (Å²) in [6, 6.07) is 9.23. The molecule has 2 atom stereocenters. The quantitative estimate of drug-likeness (QED) is 0.619. The first kappa shape index (κ1) is 25.1. The number of hydrogen-bond acceptors (Lipinski definition) is 4. The molecule has 9 heteroatoms. The molecular formula is C22H31F3N2O4. The van der Waals surface area contributed by atoms with Crippen molar-refractivity contribution in [2.75, 3.05) is 40.4 Å². The number of methoxy groups -OCH3 is 2. The summed E-state index contributed by atoms with van der Waals surface area (Å²) >= 11 is 0. The lowest BCUT2D eigenvalue weighted by Crippen LogP contribution is -2.55. The summed E-state index contributed by atoms with van der Waals surface area (Å²) in [5.74, 6) is -0.859. The zero-order chi connectivity index (χ0) is 23.2. The first-order valence-corrected chi connectivity index (χ1v) is 10.3. The Kier molecular flexibility index (Phi) is 8.48. The van der Waals surface area contributed by atoms with Gasteiger partial charge in [0.2, 0.25) is 0 Å². The van der Waals surface area contributed by atoms with E-state index in [4.69, 9.17) is 9.47 Å². The largest absolute Gasteiger partial charge is 0.406 e. The molecule has 31 heavy (non-hydrogen) atoms. The van der Waals surface area contributed by atoms with Crippen LogP contribution in [0.25, 0.3) is 0 Å². The molecule has 2 rings (SSSR count). The predicted molar refractivity (Wildman–Crippen MR) is 110 cm³/mol. The molecule has 6 nitrogen and oxygen atoms in total. The average Bonchev–Trinajstić information content (AvgIpc) is 2.76. The maximum atomic E-state index is 13.3. The van der Waals surface area contributed by atoms with Crippen LogP contribution in [0.4, 0.5) is 13.2 Å². The Balaban J connectivity index is 2.33. The maximum absolute atomic E-state index is 13.3. The van der Waals surface area contributed by atoms with Gasteiger partial charge in [-0.2, -0.15) is 13.2 Å². The minimum Gasteiger partial charge on any atom is -0.372 e. The smallest absolute Gasteiger partial charge is 0.372 e. The number of carbonyl (C=O) groups excluding carboxylic acids is 2. The summed E-state index contributed by atoms with van der Waals surface area (Å²) in [6.07, 6.45) is -5.25. The normalized spacial score (nSPS) is 18.4. The van der Waals surface area contributed by atoms with Gasteiger partial charge in [-0.05, 0) is 32.3 Å². The highest BCUT2D eigenvalue weighted by Crippen LogP contribution is 2.37. The number of nitrogens with zero attached hydrogens (tertiary/aromatic N) is 2. The first-order valence-electron chi connectivity index (χ1n) is 10.3. The number of piperidine rings is 1. The van der Waals surface area contributed by atoms with Crippen molar-refractivity contribution in [2.45, 2.75) is 50.5 Å². The number of rotatable bonds is 8. The Morgan fingerprint density at radius 2 is 1.61 bits per heavy atom. The van der Waals surface area contributed by atoms with Crippen molar-refractivity contribution in [3.63, 3.8) is 0 Å². The summed E-state index contributed by atoms with van der Waals surface area (Å²) in [4.78, 5) is 27.7. The second-order valence-electron chi connectivity index (χ2n) is 8.04. The van der Waals surface area contributed by atoms with Crippen LogP contribution in [0.15, 0.2) is 30.3 Å². The van der Waals surface area contributed by atoms with E-state index in [-0.39, 0.29) is 12.5 Å². The van der Waals surface area contributed by atoms with Crippen LogP contribution in [0.3, 0.4) is 0 Å². The van der Waals surface area contributed by atoms with Crippen molar-refractivity contribution >= 4 is 11.8 Å². The van der Waals surface area contributed by atoms with Gasteiger partial charge >= 0.3 is 6.18 Å². The molecule has 1 heterocycles. The number of halogens is 3. The summed E-state index contributed by atoms with van der Waals surface area (Å²) in [6.45, 7) is 2.39. The molecule has 1 aliphatic heterocycles. The van der Waals surface area contributed by atoms with Gasteiger partial charge in [-0.25, -0.2) is 0 Å². The van der Waals surface area contributed by atoms with Crippen LogP contribution >= 0.6 is 0 Å². The van der Waals surface area contributed by atoms with Crippen LogP contribution < -0.4 is 0 Å². The highest BCUT2D eigenvalue weighted by molar-refractivity contribution is 5.81. The zero-order valence-corrected chi connectivity index (χ0v) is 18.4. The summed E-state index contributed by atoms with van der Waals surface area (Å²) in [7, 11) is 2.75. The number of amides is 2. The number of carbonyl (C=O) groups is 2. The molecule has 1 fully saturated rings. The van der Waals surface area contributed by atoms with Gasteiger partial charge in [0.25, 0.3) is 11.8 Å². The number of benzene rings is 1. The van der Waals surface area contributed by atoms with Crippen LogP contribution in [-0.2, 0) is 24.5 Å². The molecule has 0 saturated carbocycles. The second-order valence-corrected chi connectivity index (χ2v) is 8.04. The van der Waals surface area contributed by atoms with Gasteiger partial charge in [0, 0.05) is 39.3 Å². The highest BCUT2D eigenvalue weighted by atomic mass is 19.4. The molecule has 0 aliphatic carbocycles. The van der Waals surface area contributed by atoms with Gasteiger partial charge in [0.05, 0.1) is 0 Å². The van der Waals surface area contributed by atoms with Gasteiger partial charge in [-0.3, -0.25) is 9.59 Å². The molecule has 2 amide bonds. The van der Waals surface area contributed by atoms with Crippen LogP contribution in [0, 0.1) is 0 Å². The van der Waals surface area contributed by atoms with E-state index in [1.54, 1.807) is 11.8 Å². The molecule has 1 aromatic rings. The van der Waals surface area contributed by atoms with Gasteiger partial charge in [0.15, 0.2) is 0 Å². The lowest BCUT2D eigenvalue weighted by Gasteiger charge is -2.45. The molecule has 0 aromatic heterocycles. The van der Waals surface area contributed by atoms with Gasteiger partial charge in [-0.1, -0.05) is 30.3 Å². The van der Waals surface area contributed by atoms with E-state index in [9.17, 15) is 22.8 Å². The Morgan fingerprint density at radius 1 is 1.06 bits per heavy atom. The Labute approximate surface area is 181 Å². The zero-order valence-electron chi connectivity index (χ0n) is 18.4. The van der Waals surface area contributed by atoms with Crippen LogP contribution in [0.2, 0.25) is 0 Å². The molecule has 0 N–H and O–H groups in total. The minimum atomic E-state index is -4.54. The van der Waals surface area contributed by atoms with Gasteiger partial charge in [-0.15, -0.1) is 0 Å². The van der Waals surface area contributed by atoms with E-state index < -0.39 is 36.3 Å². The number of ether oxygens (including phenoxy) is 2. The van der Waals surface area contributed by atoms with E-state index in [0.29, 0.717) is 25.9 Å². The van der Waals surface area contributed by atoms with Crippen molar-refractivity contribution in [3.8, 4) is 0 Å². The van der Waals surface area contributed by atoms with E-state index in [0.717, 1.165) is 10.5 Å². The minimum absolute atomic E-state index is 0.106. The Morgan fingerprint density at radius 3 is 2.10 bits per heavy atom. The Hall–Kier alpha value is -2.13. The SMILES string of the molecule is CO[C@@H](C)C(=O)N(CC(F)(F)F)CC1(c2ccccc2)CCN(C(=O)[C@@H](C)OC)CC1. The molecule has 0 bridgehead atoms. The molecule has 0 spiro atoms. The lowest BCUT2D eigenvalue weighted by atomic mass is 9.72. The fraction of sp³-hybridized carbons (Fsp3) is 0.636. The van der Waals surface area contributed by atoms with Gasteiger partial charge < -0.3 is 19.3 Å². The standard InChI is InChI=1S/C22H31F3N2O4/c1-16(30-3)19(28)26-12-10-21(11-13-26,18-8-6-5-7-9-18)14-27(15-22(23,24)25)20(29)17(2)31-4/h5-9,16-17H,10-15H2,1-4H3/t16-,17+/m1/s1. The summed E-state index contributed by atoms with van der Waals surface area (Å²) in [5, 5.41) is 0. The van der Waals surface area contributed by atoms with Crippen molar-refractivity contribution in [2.24, 2.45) is 0 Å². The highest BCUT2D eigenvalue weighted by Gasteiger charge is 2.43. The lowest BCUT2D eigenvalue weighted by molar-refractivity contribution is -0.169. The second kappa shape index (κ2) is 10.5. The molecule has 174 valence electrons. The van der Waals surface area contributed by atoms with Crippen LogP contribution in [0.1, 0.15) is 32.3 Å². The molecule has 1 saturated heterocycles. The van der Waals surface area contributed by atoms with Crippen molar-refractivity contribution in [1.29, 1.82) is 0 Å². The Bertz CT molecular complexity index is 734. The fourth-order valence-electron chi connectivity index (χ4n) is 3.99. The van der Waals surface area contributed by atoms with E-state index in [1.807, 2.05) is 30.3 Å². The van der Waals surface area contributed by atoms with Crippen molar-refractivity contribution in [3.05, 3.63) is 35.9 Å². The topological polar surface area (TPSA) is 59.1 Å². The third-order valence-corrected chi connectivity index (χ3v) is 6.00. The molecule has 1 aromatic carbocycles. The molecule has 1 aliphatic rings. The predicted octanol–water partition coefficient (Wildman–Crippen LogP) is 3.01. The number of alkyl halides is 3. The van der Waals surface area contributed by atoms with Crippen LogP contribution in [-0.4, -0.2) is 80.4 Å². The third-order valence-electron chi connectivity index (χ3n) is 6.00. The van der Waals surface area contributed by atoms with E-state index in [2.05, 4.69) is 0 Å². The molecular weight excluding hydrogens is 413 g/mol. The maximum Gasteiger partial charge on any atom is 0.406 e. The van der Waals surface area contributed by atoms with Crippen molar-refractivity contribution < 1.29 is 32.2 Å². The number of likely N-dealkylation sites (tertiary alicyclic amines) is 1. The van der Waals surface area contributed by atoms with E-state index >= 15 is 0 Å². The third kappa shape index (κ3) is 6.43. The number of hydrogen-bond donors (Lipinski definition) is 0. The van der Waals surface area contributed by atoms with Crippen molar-refractivity contribution in [1.82, 2.24) is 9.80 Å². The molecule has 0 radical (unpaired) electrons. The average molecular weight is 444 g/mol. The fourth-order valence-corrected chi connectivity index (χ4v) is 3.99. The molecule has 0 unspecified atom stereocenters. The summed E-state index contributed by atoms with van der Waals surface area (Å²) < 4.78 is 50.0. The van der Waals surface area contributed by atoms with Gasteiger partial charge in [0.1, 0.15) is 18.8 Å². The summed E-state index contributed by atoms with van der Waals surface area (Å²) in [5.41, 5.74) is 0.148. The van der Waals surface area contributed by atoms with E-state index in [1.165, 1.54) is 21.1 Å². The first-order chi connectivity index (χ1) is 14.5. The van der Waals surface area contributed by atoms with Crippen LogP contribution in [0.5, 0.6) is 0 Å².